The molecule has 2 heterocycles. The van der Waals surface area contributed by atoms with Gasteiger partial charge in [-0.3, -0.25) is 0 Å². The van der Waals surface area contributed by atoms with Gasteiger partial charge >= 0.3 is 0 Å². The second kappa shape index (κ2) is 3.46. The monoisotopic (exact) mass is 181 g/mol. The number of likely N-dealkylation sites (N-methyl/N-ethyl adjacent to an activating group) is 1. The molecule has 0 aromatic carbocycles. The quantitative estimate of drug-likeness (QED) is 0.644. The standard InChI is InChI=1S/C9H13N2S/c1-10-3-5-11(6-4-10)9-2-7-12-8-9/h2,7H,3-6H2,1H3. The van der Waals surface area contributed by atoms with Gasteiger partial charge in [0.25, 0.3) is 0 Å². The first-order chi connectivity index (χ1) is 5.86. The number of thiophene rings is 1. The molecule has 0 saturated carbocycles. The van der Waals surface area contributed by atoms with Gasteiger partial charge in [-0.05, 0) is 18.5 Å². The van der Waals surface area contributed by atoms with Crippen LogP contribution < -0.4 is 4.90 Å². The second-order valence-electron chi connectivity index (χ2n) is 3.20. The minimum Gasteiger partial charge on any atom is -0.368 e. The zero-order valence-electron chi connectivity index (χ0n) is 7.29. The Kier molecular flexibility index (Phi) is 2.33. The smallest absolute Gasteiger partial charge is 0.0697 e. The molecule has 2 nitrogen and oxygen atoms in total. The van der Waals surface area contributed by atoms with Crippen molar-refractivity contribution in [1.82, 2.24) is 4.90 Å². The average Bonchev–Trinajstić information content (AvgIpc) is 2.58. The van der Waals surface area contributed by atoms with E-state index in [9.17, 15) is 0 Å². The summed E-state index contributed by atoms with van der Waals surface area (Å²) >= 11 is 1.65. The average molecular weight is 181 g/mol. The molecule has 0 bridgehead atoms. The summed E-state index contributed by atoms with van der Waals surface area (Å²) in [5.74, 6) is 0. The van der Waals surface area contributed by atoms with Crippen molar-refractivity contribution in [2.75, 3.05) is 38.1 Å². The van der Waals surface area contributed by atoms with Gasteiger partial charge in [0, 0.05) is 26.2 Å². The lowest BCUT2D eigenvalue weighted by Crippen LogP contribution is -2.44. The van der Waals surface area contributed by atoms with Crippen LogP contribution in [-0.2, 0) is 0 Å². The number of hydrogen-bond acceptors (Lipinski definition) is 3. The third-order valence-corrected chi connectivity index (χ3v) is 2.90. The van der Waals surface area contributed by atoms with Gasteiger partial charge in [-0.15, -0.1) is 11.3 Å². The minimum absolute atomic E-state index is 1.14. The van der Waals surface area contributed by atoms with Crippen LogP contribution in [0.5, 0.6) is 0 Å². The summed E-state index contributed by atoms with van der Waals surface area (Å²) in [5.41, 5.74) is 1.27. The van der Waals surface area contributed by atoms with Crippen LogP contribution >= 0.6 is 11.3 Å². The topological polar surface area (TPSA) is 6.48 Å². The fourth-order valence-corrected chi connectivity index (χ4v) is 2.03. The van der Waals surface area contributed by atoms with Crippen molar-refractivity contribution in [2.24, 2.45) is 0 Å². The van der Waals surface area contributed by atoms with Gasteiger partial charge < -0.3 is 9.80 Å². The Morgan fingerprint density at radius 2 is 2.08 bits per heavy atom. The van der Waals surface area contributed by atoms with Gasteiger partial charge in [-0.25, -0.2) is 0 Å². The van der Waals surface area contributed by atoms with E-state index in [0.717, 1.165) is 13.1 Å². The summed E-state index contributed by atoms with van der Waals surface area (Å²) < 4.78 is 0. The van der Waals surface area contributed by atoms with E-state index in [1.54, 1.807) is 11.3 Å². The van der Waals surface area contributed by atoms with Crippen LogP contribution in [0.15, 0.2) is 11.4 Å². The van der Waals surface area contributed by atoms with Crippen molar-refractivity contribution in [1.29, 1.82) is 0 Å². The third-order valence-electron chi connectivity index (χ3n) is 2.30. The number of hydrogen-bond donors (Lipinski definition) is 0. The Morgan fingerprint density at radius 1 is 1.33 bits per heavy atom. The summed E-state index contributed by atoms with van der Waals surface area (Å²) in [4.78, 5) is 4.76. The molecule has 3 heteroatoms. The van der Waals surface area contributed by atoms with Crippen LogP contribution in [0.3, 0.4) is 0 Å². The molecule has 1 aliphatic heterocycles. The Morgan fingerprint density at radius 3 is 2.67 bits per heavy atom. The van der Waals surface area contributed by atoms with E-state index in [1.165, 1.54) is 18.8 Å². The highest BCUT2D eigenvalue weighted by atomic mass is 32.1. The number of nitrogens with zero attached hydrogens (tertiary/aromatic N) is 2. The van der Waals surface area contributed by atoms with E-state index in [-0.39, 0.29) is 0 Å². The van der Waals surface area contributed by atoms with Gasteiger partial charge in [0.05, 0.1) is 11.1 Å². The SMILES string of the molecule is CN1CCN(c2[c]scc2)CC1. The maximum atomic E-state index is 3.27. The molecule has 65 valence electrons. The molecule has 12 heavy (non-hydrogen) atoms. The van der Waals surface area contributed by atoms with E-state index in [2.05, 4.69) is 33.7 Å². The van der Waals surface area contributed by atoms with Crippen LogP contribution in [-0.4, -0.2) is 38.1 Å². The second-order valence-corrected chi connectivity index (χ2v) is 3.91. The largest absolute Gasteiger partial charge is 0.368 e. The highest BCUT2D eigenvalue weighted by molar-refractivity contribution is 7.07. The predicted octanol–water partition coefficient (Wildman–Crippen LogP) is 1.30. The molecule has 1 radical (unpaired) electrons. The molecule has 1 aromatic heterocycles. The molecule has 0 N–H and O–H groups in total. The molecule has 0 amide bonds. The lowest BCUT2D eigenvalue weighted by atomic mass is 10.3. The highest BCUT2D eigenvalue weighted by Crippen LogP contribution is 2.17. The van der Waals surface area contributed by atoms with Gasteiger partial charge in [-0.2, -0.15) is 0 Å². The zero-order valence-corrected chi connectivity index (χ0v) is 8.10. The number of piperazine rings is 1. The maximum Gasteiger partial charge on any atom is 0.0697 e. The van der Waals surface area contributed by atoms with Gasteiger partial charge in [0.2, 0.25) is 0 Å². The lowest BCUT2D eigenvalue weighted by molar-refractivity contribution is 0.313. The maximum absolute atomic E-state index is 3.27. The van der Waals surface area contributed by atoms with Crippen LogP contribution in [0.2, 0.25) is 0 Å². The Hall–Kier alpha value is -0.540. The Labute approximate surface area is 77.4 Å². The normalized spacial score (nSPS) is 19.9. The van der Waals surface area contributed by atoms with Crippen molar-refractivity contribution in [3.05, 3.63) is 16.8 Å². The van der Waals surface area contributed by atoms with E-state index >= 15 is 0 Å². The van der Waals surface area contributed by atoms with E-state index < -0.39 is 0 Å². The molecule has 1 fully saturated rings. The summed E-state index contributed by atoms with van der Waals surface area (Å²) in [7, 11) is 2.18. The van der Waals surface area contributed by atoms with E-state index in [4.69, 9.17) is 0 Å². The van der Waals surface area contributed by atoms with Crippen LogP contribution in [0.4, 0.5) is 5.69 Å². The molecule has 0 atom stereocenters. The molecular weight excluding hydrogens is 168 g/mol. The summed E-state index contributed by atoms with van der Waals surface area (Å²) in [5, 5.41) is 5.36. The first-order valence-electron chi connectivity index (χ1n) is 4.25. The predicted molar refractivity (Wildman–Crippen MR) is 52.9 cm³/mol. The fourth-order valence-electron chi connectivity index (χ4n) is 1.44. The van der Waals surface area contributed by atoms with Gasteiger partial charge in [0.1, 0.15) is 0 Å². The first kappa shape index (κ1) is 8.08. The van der Waals surface area contributed by atoms with E-state index in [1.807, 2.05) is 0 Å². The van der Waals surface area contributed by atoms with Crippen molar-refractivity contribution in [3.8, 4) is 0 Å². The molecule has 0 aliphatic carbocycles. The minimum atomic E-state index is 1.14. The summed E-state index contributed by atoms with van der Waals surface area (Å²) in [6.07, 6.45) is 0. The molecule has 0 spiro atoms. The molecule has 0 unspecified atom stereocenters. The zero-order chi connectivity index (χ0) is 8.39. The number of anilines is 1. The Balaban J connectivity index is 1.99. The van der Waals surface area contributed by atoms with Gasteiger partial charge in [-0.1, -0.05) is 0 Å². The lowest BCUT2D eigenvalue weighted by Gasteiger charge is -2.33. The molecule has 1 saturated heterocycles. The van der Waals surface area contributed by atoms with Crippen molar-refractivity contribution < 1.29 is 0 Å². The first-order valence-corrected chi connectivity index (χ1v) is 5.13. The molecule has 1 aliphatic rings. The number of rotatable bonds is 1. The van der Waals surface area contributed by atoms with Crippen LogP contribution in [0.1, 0.15) is 0 Å². The molecule has 2 rings (SSSR count). The fraction of sp³-hybridized carbons (Fsp3) is 0.556. The van der Waals surface area contributed by atoms with Crippen molar-refractivity contribution in [3.63, 3.8) is 0 Å². The van der Waals surface area contributed by atoms with Crippen molar-refractivity contribution in [2.45, 2.75) is 0 Å². The molecule has 1 aromatic rings. The van der Waals surface area contributed by atoms with Crippen molar-refractivity contribution >= 4 is 17.0 Å². The van der Waals surface area contributed by atoms with E-state index in [0.29, 0.717) is 0 Å². The van der Waals surface area contributed by atoms with Crippen LogP contribution in [0, 0.1) is 5.38 Å². The highest BCUT2D eigenvalue weighted by Gasteiger charge is 2.13. The third kappa shape index (κ3) is 1.62. The summed E-state index contributed by atoms with van der Waals surface area (Å²) in [6.45, 7) is 4.63. The summed E-state index contributed by atoms with van der Waals surface area (Å²) in [6, 6.07) is 2.15. The Bertz CT molecular complexity index is 225. The molecular formula is C9H13N2S. The van der Waals surface area contributed by atoms with Gasteiger partial charge in [0.15, 0.2) is 0 Å². The van der Waals surface area contributed by atoms with Crippen LogP contribution in [0.25, 0.3) is 0 Å².